The lowest BCUT2D eigenvalue weighted by Crippen LogP contribution is -2.43. The highest BCUT2D eigenvalue weighted by atomic mass is 16.5. The normalized spacial score (nSPS) is 23.0. The van der Waals surface area contributed by atoms with Gasteiger partial charge in [-0.15, -0.1) is 0 Å². The molecule has 0 saturated carbocycles. The number of nitrogens with two attached hydrogens (primary N) is 1. The van der Waals surface area contributed by atoms with Gasteiger partial charge in [0, 0.05) is 25.6 Å². The maximum absolute atomic E-state index is 8.40. The van der Waals surface area contributed by atoms with Crippen LogP contribution in [-0.4, -0.2) is 48.3 Å². The van der Waals surface area contributed by atoms with E-state index in [0.29, 0.717) is 18.3 Å². The van der Waals surface area contributed by atoms with Crippen molar-refractivity contribution in [2.75, 3.05) is 26.3 Å². The van der Waals surface area contributed by atoms with Gasteiger partial charge in [-0.3, -0.25) is 4.90 Å². The molecule has 1 unspecified atom stereocenters. The Hall–Kier alpha value is -0.810. The van der Waals surface area contributed by atoms with Gasteiger partial charge in [0.1, 0.15) is 5.84 Å². The van der Waals surface area contributed by atoms with Crippen molar-refractivity contribution in [1.82, 2.24) is 4.90 Å². The standard InChI is InChI=1S/C8H17N3O2/c1-7(6-8(9)10-12)11-2-4-13-5-3-11/h7,12H,2-6H2,1H3,(H2,9,10). The number of hydrogen-bond acceptors (Lipinski definition) is 4. The van der Waals surface area contributed by atoms with Gasteiger partial charge in [0.2, 0.25) is 0 Å². The van der Waals surface area contributed by atoms with Crippen molar-refractivity contribution in [2.45, 2.75) is 19.4 Å². The minimum Gasteiger partial charge on any atom is -0.409 e. The Morgan fingerprint density at radius 3 is 2.77 bits per heavy atom. The van der Waals surface area contributed by atoms with Crippen LogP contribution in [0, 0.1) is 0 Å². The quantitative estimate of drug-likeness (QED) is 0.279. The molecule has 1 aliphatic rings. The van der Waals surface area contributed by atoms with E-state index in [9.17, 15) is 0 Å². The van der Waals surface area contributed by atoms with Gasteiger partial charge in [0.25, 0.3) is 0 Å². The molecular weight excluding hydrogens is 170 g/mol. The molecule has 1 rings (SSSR count). The zero-order valence-corrected chi connectivity index (χ0v) is 7.94. The highest BCUT2D eigenvalue weighted by Crippen LogP contribution is 2.06. The van der Waals surface area contributed by atoms with Crippen molar-refractivity contribution < 1.29 is 9.94 Å². The van der Waals surface area contributed by atoms with Crippen LogP contribution in [0.2, 0.25) is 0 Å². The number of rotatable bonds is 3. The van der Waals surface area contributed by atoms with Gasteiger partial charge in [-0.1, -0.05) is 5.16 Å². The molecule has 1 saturated heterocycles. The second-order valence-electron chi connectivity index (χ2n) is 3.29. The van der Waals surface area contributed by atoms with Gasteiger partial charge in [-0.25, -0.2) is 0 Å². The van der Waals surface area contributed by atoms with E-state index in [1.54, 1.807) is 0 Å². The van der Waals surface area contributed by atoms with Crippen molar-refractivity contribution in [2.24, 2.45) is 10.9 Å². The number of nitrogens with zero attached hydrogens (tertiary/aromatic N) is 2. The molecule has 0 amide bonds. The van der Waals surface area contributed by atoms with Crippen LogP contribution in [0.3, 0.4) is 0 Å². The van der Waals surface area contributed by atoms with Gasteiger partial charge in [-0.05, 0) is 6.92 Å². The first-order chi connectivity index (χ1) is 6.24. The average molecular weight is 187 g/mol. The summed E-state index contributed by atoms with van der Waals surface area (Å²) in [6.07, 6.45) is 0.608. The van der Waals surface area contributed by atoms with Crippen molar-refractivity contribution in [1.29, 1.82) is 0 Å². The van der Waals surface area contributed by atoms with Gasteiger partial charge in [0.05, 0.1) is 13.2 Å². The molecule has 0 aromatic carbocycles. The molecule has 5 nitrogen and oxygen atoms in total. The fourth-order valence-corrected chi connectivity index (χ4v) is 1.49. The van der Waals surface area contributed by atoms with Crippen molar-refractivity contribution in [3.63, 3.8) is 0 Å². The average Bonchev–Trinajstić information content (AvgIpc) is 2.19. The number of morpholine rings is 1. The third kappa shape index (κ3) is 3.20. The minimum absolute atomic E-state index is 0.291. The highest BCUT2D eigenvalue weighted by molar-refractivity contribution is 5.80. The summed E-state index contributed by atoms with van der Waals surface area (Å²) < 4.78 is 5.23. The van der Waals surface area contributed by atoms with Crippen LogP contribution in [0.4, 0.5) is 0 Å². The molecule has 0 aliphatic carbocycles. The summed E-state index contributed by atoms with van der Waals surface area (Å²) >= 11 is 0. The smallest absolute Gasteiger partial charge is 0.140 e. The Labute approximate surface area is 78.1 Å². The number of oxime groups is 1. The summed E-state index contributed by atoms with van der Waals surface area (Å²) in [5, 5.41) is 11.4. The third-order valence-corrected chi connectivity index (χ3v) is 2.30. The summed E-state index contributed by atoms with van der Waals surface area (Å²) in [4.78, 5) is 2.28. The summed E-state index contributed by atoms with van der Waals surface area (Å²) in [6.45, 7) is 5.49. The fraction of sp³-hybridized carbons (Fsp3) is 0.875. The van der Waals surface area contributed by atoms with E-state index in [1.807, 2.05) is 0 Å². The molecule has 0 spiro atoms. The summed E-state index contributed by atoms with van der Waals surface area (Å²) in [6, 6.07) is 0.319. The van der Waals surface area contributed by atoms with E-state index in [1.165, 1.54) is 0 Å². The van der Waals surface area contributed by atoms with Crippen molar-refractivity contribution in [3.05, 3.63) is 0 Å². The third-order valence-electron chi connectivity index (χ3n) is 2.30. The molecule has 0 aromatic heterocycles. The largest absolute Gasteiger partial charge is 0.409 e. The van der Waals surface area contributed by atoms with Crippen LogP contribution in [0.15, 0.2) is 5.16 Å². The van der Waals surface area contributed by atoms with Crippen molar-refractivity contribution in [3.8, 4) is 0 Å². The minimum atomic E-state index is 0.291. The molecule has 1 aliphatic heterocycles. The molecule has 1 fully saturated rings. The maximum atomic E-state index is 8.40. The molecule has 76 valence electrons. The van der Waals surface area contributed by atoms with Crippen LogP contribution >= 0.6 is 0 Å². The highest BCUT2D eigenvalue weighted by Gasteiger charge is 2.17. The number of hydrogen-bond donors (Lipinski definition) is 2. The maximum Gasteiger partial charge on any atom is 0.140 e. The fourth-order valence-electron chi connectivity index (χ4n) is 1.49. The van der Waals surface area contributed by atoms with Gasteiger partial charge in [-0.2, -0.15) is 0 Å². The van der Waals surface area contributed by atoms with Crippen molar-refractivity contribution >= 4 is 5.84 Å². The summed E-state index contributed by atoms with van der Waals surface area (Å²) in [7, 11) is 0. The zero-order valence-electron chi connectivity index (χ0n) is 7.94. The van der Waals surface area contributed by atoms with E-state index < -0.39 is 0 Å². The molecule has 0 aromatic rings. The lowest BCUT2D eigenvalue weighted by molar-refractivity contribution is 0.0215. The Morgan fingerprint density at radius 2 is 2.23 bits per heavy atom. The monoisotopic (exact) mass is 187 g/mol. The topological polar surface area (TPSA) is 71.1 Å². The molecular formula is C8H17N3O2. The van der Waals surface area contributed by atoms with Gasteiger partial charge >= 0.3 is 0 Å². The van der Waals surface area contributed by atoms with Crippen LogP contribution < -0.4 is 5.73 Å². The van der Waals surface area contributed by atoms with Gasteiger partial charge in [0.15, 0.2) is 0 Å². The molecule has 13 heavy (non-hydrogen) atoms. The summed E-state index contributed by atoms with van der Waals surface area (Å²) in [5.74, 6) is 0.291. The Bertz CT molecular complexity index is 178. The number of amidine groups is 1. The Balaban J connectivity index is 2.32. The Morgan fingerprint density at radius 1 is 1.62 bits per heavy atom. The van der Waals surface area contributed by atoms with Crippen LogP contribution in [0.25, 0.3) is 0 Å². The Kier molecular flexibility index (Phi) is 3.98. The molecule has 0 radical (unpaired) electrons. The second-order valence-corrected chi connectivity index (χ2v) is 3.29. The first kappa shape index (κ1) is 10.3. The van der Waals surface area contributed by atoms with Crippen LogP contribution in [-0.2, 0) is 4.74 Å². The lowest BCUT2D eigenvalue weighted by atomic mass is 10.2. The molecule has 5 heteroatoms. The van der Waals surface area contributed by atoms with Crippen LogP contribution in [0.5, 0.6) is 0 Å². The first-order valence-electron chi connectivity index (χ1n) is 4.52. The molecule has 3 N–H and O–H groups in total. The van der Waals surface area contributed by atoms with E-state index >= 15 is 0 Å². The molecule has 0 bridgehead atoms. The van der Waals surface area contributed by atoms with E-state index in [0.717, 1.165) is 26.3 Å². The van der Waals surface area contributed by atoms with Gasteiger partial charge < -0.3 is 15.7 Å². The predicted octanol–water partition coefficient (Wildman–Crippen LogP) is -0.156. The number of ether oxygens (including phenoxy) is 1. The zero-order chi connectivity index (χ0) is 9.68. The SMILES string of the molecule is CC(CC(N)=NO)N1CCOCC1. The van der Waals surface area contributed by atoms with E-state index in [-0.39, 0.29) is 0 Å². The lowest BCUT2D eigenvalue weighted by Gasteiger charge is -2.31. The summed E-state index contributed by atoms with van der Waals surface area (Å²) in [5.41, 5.74) is 5.42. The molecule has 1 atom stereocenters. The first-order valence-corrected chi connectivity index (χ1v) is 4.52. The predicted molar refractivity (Wildman–Crippen MR) is 49.9 cm³/mol. The van der Waals surface area contributed by atoms with E-state index in [4.69, 9.17) is 15.7 Å². The van der Waals surface area contributed by atoms with E-state index in [2.05, 4.69) is 17.0 Å². The molecule has 1 heterocycles. The van der Waals surface area contributed by atoms with Crippen LogP contribution in [0.1, 0.15) is 13.3 Å². The second kappa shape index (κ2) is 5.04.